The molecule has 4 aromatic heterocycles. The fraction of sp³-hybridized carbons (Fsp3) is 0.449. The smallest absolute Gasteiger partial charge is 0.408 e. The molecule has 0 aliphatic carbocycles. The lowest BCUT2D eigenvalue weighted by Crippen LogP contribution is -2.50. The number of hydrogen-bond acceptors (Lipinski definition) is 22. The Bertz CT molecular complexity index is 3360. The number of anilines is 2. The average Bonchev–Trinajstić information content (AvgIpc) is 4.24. The quantitative estimate of drug-likeness (QED) is 0.0177. The Morgan fingerprint density at radius 1 is 0.713 bits per heavy atom. The molecule has 0 spiro atoms. The highest BCUT2D eigenvalue weighted by molar-refractivity contribution is 14.1. The van der Waals surface area contributed by atoms with E-state index in [-0.39, 0.29) is 70.9 Å². The molecule has 9 atom stereocenters. The van der Waals surface area contributed by atoms with Crippen LogP contribution in [0, 0.1) is 34.0 Å². The van der Waals surface area contributed by atoms with Gasteiger partial charge in [0.2, 0.25) is 0 Å². The molecule has 2 aromatic carbocycles. The minimum atomic E-state index is -4.96. The molecule has 2 saturated heterocycles. The van der Waals surface area contributed by atoms with Crippen molar-refractivity contribution >= 4 is 103 Å². The standard InChI is InChI=1S/C49H55FIN13O12P2SSi/c1-49(2,3)80(4,5)76-39-34(73-48(40(39)75-78(79,69-23-13-20-53)70-24-14-21-54)64-30-60-37-42(56-28-58-44(37)64)62-46(66)32-17-10-7-11-18-32)26-71-77(67,68-22-12-19-52)74-38-33(25-51)72-47(35(38)50)63-29-59-36-41(55-27-57-43(36)63)61-45(65)31-15-8-6-9-16-31/h6-11,15-18,27-30,33-35,38-40,47-48H,12-14,22-26H2,1-5H3,(H,55,57,61,65)(H,56,58,62,66)/t33-,34-,35-,38-,39-,40-,47-,48-,77?/m1/s1. The molecule has 0 radical (unpaired) electrons. The zero-order valence-electron chi connectivity index (χ0n) is 43.7. The third-order valence-corrected chi connectivity index (χ3v) is 22.2. The molecule has 8 rings (SSSR count). The van der Waals surface area contributed by atoms with Gasteiger partial charge in [-0.2, -0.15) is 15.8 Å². The minimum Gasteiger partial charge on any atom is -0.408 e. The van der Waals surface area contributed by atoms with Crippen molar-refractivity contribution in [2.75, 3.05) is 41.5 Å². The summed E-state index contributed by atoms with van der Waals surface area (Å²) in [7, 11) is -7.89. The number of phosphoric acid groups is 1. The number of carbonyl (C=O) groups excluding carboxylic acids is 2. The first-order valence-corrected chi connectivity index (χ1v) is 33.3. The number of ether oxygens (including phenoxy) is 2. The number of alkyl halides is 2. The maximum absolute atomic E-state index is 17.2. The third kappa shape index (κ3) is 14.0. The highest BCUT2D eigenvalue weighted by atomic mass is 127. The van der Waals surface area contributed by atoms with Crippen LogP contribution in [0.15, 0.2) is 86.0 Å². The number of hydrogen-bond donors (Lipinski definition) is 2. The predicted molar refractivity (Wildman–Crippen MR) is 299 cm³/mol. The number of imidazole rings is 2. The van der Waals surface area contributed by atoms with E-state index >= 15 is 8.96 Å². The minimum absolute atomic E-state index is 0.0581. The molecule has 0 saturated carbocycles. The van der Waals surface area contributed by atoms with Gasteiger partial charge in [0.05, 0.1) is 82.7 Å². The molecule has 422 valence electrons. The first-order valence-electron chi connectivity index (χ1n) is 24.9. The Labute approximate surface area is 478 Å². The zero-order valence-corrected chi connectivity index (χ0v) is 49.5. The van der Waals surface area contributed by atoms with Crippen molar-refractivity contribution in [3.05, 3.63) is 97.1 Å². The normalized spacial score (nSPS) is 22.1. The van der Waals surface area contributed by atoms with E-state index in [0.29, 0.717) is 11.1 Å². The van der Waals surface area contributed by atoms with Gasteiger partial charge >= 0.3 is 14.5 Å². The van der Waals surface area contributed by atoms with E-state index in [1.54, 1.807) is 60.7 Å². The van der Waals surface area contributed by atoms with Crippen LogP contribution in [-0.4, -0.2) is 127 Å². The van der Waals surface area contributed by atoms with Crippen LogP contribution >= 0.6 is 37.1 Å². The Balaban J connectivity index is 1.13. The van der Waals surface area contributed by atoms with Gasteiger partial charge in [0.15, 0.2) is 60.9 Å². The summed E-state index contributed by atoms with van der Waals surface area (Å²) in [5.74, 6) is -0.819. The number of nitrogens with zero attached hydrogens (tertiary/aromatic N) is 11. The number of fused-ring (bicyclic) bond motifs is 2. The van der Waals surface area contributed by atoms with E-state index in [0.717, 1.165) is 0 Å². The van der Waals surface area contributed by atoms with Gasteiger partial charge in [-0.3, -0.25) is 36.8 Å². The first-order chi connectivity index (χ1) is 38.3. The molecule has 1 unspecified atom stereocenters. The number of rotatable bonds is 25. The summed E-state index contributed by atoms with van der Waals surface area (Å²) in [6.45, 7) is 4.48. The maximum Gasteiger partial charge on any atom is 0.475 e. The molecule has 31 heteroatoms. The number of nitrogens with one attached hydrogen (secondary N) is 2. The third-order valence-electron chi connectivity index (χ3n) is 13.0. The van der Waals surface area contributed by atoms with Crippen LogP contribution in [0.25, 0.3) is 22.3 Å². The van der Waals surface area contributed by atoms with Crippen molar-refractivity contribution in [1.82, 2.24) is 39.0 Å². The lowest BCUT2D eigenvalue weighted by atomic mass is 10.1. The molecule has 6 heterocycles. The number of amides is 2. The van der Waals surface area contributed by atoms with Gasteiger partial charge in [0, 0.05) is 15.6 Å². The van der Waals surface area contributed by atoms with Crippen LogP contribution < -0.4 is 10.6 Å². The topological polar surface area (TPSA) is 317 Å². The summed E-state index contributed by atoms with van der Waals surface area (Å²) in [4.78, 5) is 52.8. The molecule has 2 amide bonds. The number of benzene rings is 2. The van der Waals surface area contributed by atoms with E-state index in [2.05, 4.69) is 40.5 Å². The maximum atomic E-state index is 17.2. The van der Waals surface area contributed by atoms with Crippen LogP contribution in [-0.2, 0) is 57.4 Å². The van der Waals surface area contributed by atoms with E-state index in [4.69, 9.17) is 52.8 Å². The molecule has 2 aliphatic rings. The Kier molecular flexibility index (Phi) is 20.0. The SMILES string of the molecule is CC(C)(C)[Si](C)(C)O[C@H]1[C@@H](OP(=S)(OCCC#N)OCCC#N)[C@H](n2cnc3c(NC(=O)c4ccccc4)ncnc32)O[C@@H]1COP(=O)(OCCC#N)O[C@H]1[C@@H](F)[C@H](n2cnc3c(NC(=O)c4ccccc4)ncnc32)O[C@@H]1CI. The Morgan fingerprint density at radius 3 is 1.69 bits per heavy atom. The first kappa shape index (κ1) is 60.4. The summed E-state index contributed by atoms with van der Waals surface area (Å²) < 4.78 is 92.4. The van der Waals surface area contributed by atoms with Gasteiger partial charge in [0.25, 0.3) is 11.8 Å². The average molecular weight is 1290 g/mol. The van der Waals surface area contributed by atoms with Crippen molar-refractivity contribution in [3.63, 3.8) is 0 Å². The fourth-order valence-corrected chi connectivity index (χ4v) is 13.6. The molecule has 2 N–H and O–H groups in total. The number of aromatic nitrogens is 8. The number of nitriles is 3. The largest absolute Gasteiger partial charge is 0.475 e. The highest BCUT2D eigenvalue weighted by Gasteiger charge is 2.56. The second kappa shape index (κ2) is 26.5. The lowest BCUT2D eigenvalue weighted by molar-refractivity contribution is -0.0548. The summed E-state index contributed by atoms with van der Waals surface area (Å²) in [5.41, 5.74) is 1.24. The highest BCUT2D eigenvalue weighted by Crippen LogP contribution is 2.58. The van der Waals surface area contributed by atoms with Gasteiger partial charge in [-0.05, 0) is 54.2 Å². The molecule has 2 fully saturated rings. The Morgan fingerprint density at radius 2 is 1.20 bits per heavy atom. The van der Waals surface area contributed by atoms with Crippen molar-refractivity contribution in [2.24, 2.45) is 0 Å². The lowest BCUT2D eigenvalue weighted by Gasteiger charge is -2.41. The van der Waals surface area contributed by atoms with E-state index in [1.165, 1.54) is 34.4 Å². The van der Waals surface area contributed by atoms with Crippen molar-refractivity contribution in [3.8, 4) is 18.2 Å². The van der Waals surface area contributed by atoms with Crippen LogP contribution in [0.2, 0.25) is 18.1 Å². The van der Waals surface area contributed by atoms with Gasteiger partial charge in [-0.15, -0.1) is 0 Å². The Hall–Kier alpha value is -5.65. The van der Waals surface area contributed by atoms with Gasteiger partial charge in [-0.25, -0.2) is 38.9 Å². The molecule has 25 nitrogen and oxygen atoms in total. The summed E-state index contributed by atoms with van der Waals surface area (Å²) in [6, 6.07) is 22.8. The summed E-state index contributed by atoms with van der Waals surface area (Å²) >= 11 is 7.95. The van der Waals surface area contributed by atoms with Crippen molar-refractivity contribution in [2.45, 2.75) is 107 Å². The monoisotopic (exact) mass is 1290 g/mol. The molecule has 6 aromatic rings. The van der Waals surface area contributed by atoms with Crippen LogP contribution in [0.4, 0.5) is 16.0 Å². The zero-order chi connectivity index (χ0) is 57.2. The van der Waals surface area contributed by atoms with E-state index in [1.807, 2.05) is 74.7 Å². The molecule has 80 heavy (non-hydrogen) atoms. The van der Waals surface area contributed by atoms with Crippen LogP contribution in [0.5, 0.6) is 0 Å². The van der Waals surface area contributed by atoms with E-state index < -0.39 is 102 Å². The van der Waals surface area contributed by atoms with E-state index in [9.17, 15) is 25.4 Å². The molecular weight excluding hydrogens is 1230 g/mol. The number of carbonyl (C=O) groups is 2. The van der Waals surface area contributed by atoms with Crippen molar-refractivity contribution in [1.29, 1.82) is 15.8 Å². The van der Waals surface area contributed by atoms with Gasteiger partial charge in [0.1, 0.15) is 37.1 Å². The second-order valence-corrected chi connectivity index (χ2v) is 29.6. The fourth-order valence-electron chi connectivity index (χ4n) is 8.07. The number of halogens is 2. The molecular formula is C49H55FIN13O12P2SSi. The van der Waals surface area contributed by atoms with Crippen molar-refractivity contribution < 1.29 is 59.6 Å². The van der Waals surface area contributed by atoms with Gasteiger partial charge in [-0.1, -0.05) is 79.8 Å². The van der Waals surface area contributed by atoms with Gasteiger partial charge < -0.3 is 33.6 Å². The molecule has 2 aliphatic heterocycles. The van der Waals surface area contributed by atoms with Crippen LogP contribution in [0.3, 0.4) is 0 Å². The number of phosphoric ester groups is 1. The predicted octanol–water partition coefficient (Wildman–Crippen LogP) is 9.04. The summed E-state index contributed by atoms with van der Waals surface area (Å²) in [6.07, 6.45) is -6.78. The molecule has 0 bridgehead atoms. The second-order valence-electron chi connectivity index (χ2n) is 19.4. The summed E-state index contributed by atoms with van der Waals surface area (Å²) in [5, 5.41) is 33.5. The van der Waals surface area contributed by atoms with Crippen LogP contribution in [0.1, 0.15) is 73.2 Å².